The molecule has 0 amide bonds. The van der Waals surface area contributed by atoms with Crippen molar-refractivity contribution in [1.82, 2.24) is 19.7 Å². The summed E-state index contributed by atoms with van der Waals surface area (Å²) in [6.45, 7) is 2.39. The number of aryl methyl sites for hydroxylation is 1. The number of hydrogen-bond acceptors (Lipinski definition) is 3. The third-order valence-corrected chi connectivity index (χ3v) is 5.37. The van der Waals surface area contributed by atoms with Crippen LogP contribution in [0.3, 0.4) is 0 Å². The van der Waals surface area contributed by atoms with Crippen LogP contribution in [0.15, 0.2) is 79.0 Å². The number of carboxylic acids is 1. The van der Waals surface area contributed by atoms with E-state index in [0.717, 1.165) is 44.7 Å². The van der Waals surface area contributed by atoms with Gasteiger partial charge in [-0.25, -0.2) is 4.79 Å². The van der Waals surface area contributed by atoms with Crippen molar-refractivity contribution in [3.8, 4) is 22.5 Å². The molecule has 0 atom stereocenters. The minimum absolute atomic E-state index is 0.216. The highest BCUT2D eigenvalue weighted by Crippen LogP contribution is 2.30. The quantitative estimate of drug-likeness (QED) is 0.421. The normalized spacial score (nSPS) is 11.1. The van der Waals surface area contributed by atoms with Gasteiger partial charge in [0.15, 0.2) is 0 Å². The number of hydrogen-bond donors (Lipinski definition) is 2. The van der Waals surface area contributed by atoms with E-state index >= 15 is 0 Å². The molecule has 0 unspecified atom stereocenters. The van der Waals surface area contributed by atoms with Gasteiger partial charge in [-0.05, 0) is 31.2 Å². The SMILES string of the molecule is Cc1cccc(-c2nccc3c2cc(C(=O)O)n3Cc2cc(-c3ccccc3)n[nH]2)c1. The number of rotatable bonds is 5. The summed E-state index contributed by atoms with van der Waals surface area (Å²) in [5.41, 5.74) is 6.56. The molecule has 0 bridgehead atoms. The Kier molecular flexibility index (Phi) is 4.59. The third kappa shape index (κ3) is 3.48. The molecule has 31 heavy (non-hydrogen) atoms. The molecule has 0 saturated carbocycles. The second-order valence-corrected chi connectivity index (χ2v) is 7.53. The zero-order chi connectivity index (χ0) is 21.4. The van der Waals surface area contributed by atoms with Crippen molar-refractivity contribution in [3.63, 3.8) is 0 Å². The smallest absolute Gasteiger partial charge is 0.352 e. The number of aromatic carboxylic acids is 1. The Hall–Kier alpha value is -4.19. The van der Waals surface area contributed by atoms with Crippen molar-refractivity contribution < 1.29 is 9.90 Å². The van der Waals surface area contributed by atoms with Gasteiger partial charge in [0.1, 0.15) is 5.69 Å². The first-order valence-electron chi connectivity index (χ1n) is 9.98. The van der Waals surface area contributed by atoms with Gasteiger partial charge in [0.2, 0.25) is 0 Å². The second kappa shape index (κ2) is 7.57. The molecule has 3 aromatic heterocycles. The standard InChI is InChI=1S/C25H20N4O2/c1-16-6-5-9-18(12-16)24-20-14-23(25(30)31)29(22(20)10-11-26-24)15-19-13-21(28-27-19)17-7-3-2-4-8-17/h2-14H,15H2,1H3,(H,27,28)(H,30,31). The number of benzene rings is 2. The lowest BCUT2D eigenvalue weighted by molar-refractivity contribution is 0.0686. The van der Waals surface area contributed by atoms with Crippen molar-refractivity contribution in [2.75, 3.05) is 0 Å². The lowest BCUT2D eigenvalue weighted by atomic mass is 10.1. The number of H-pyrrole nitrogens is 1. The Balaban J connectivity index is 1.60. The monoisotopic (exact) mass is 408 g/mol. The van der Waals surface area contributed by atoms with Crippen molar-refractivity contribution >= 4 is 16.9 Å². The van der Waals surface area contributed by atoms with E-state index in [9.17, 15) is 9.90 Å². The van der Waals surface area contributed by atoms with Crippen LogP contribution in [0, 0.1) is 6.92 Å². The van der Waals surface area contributed by atoms with Gasteiger partial charge in [-0.15, -0.1) is 0 Å². The highest BCUT2D eigenvalue weighted by molar-refractivity contribution is 6.00. The molecule has 2 aromatic carbocycles. The summed E-state index contributed by atoms with van der Waals surface area (Å²) in [5, 5.41) is 18.1. The Labute approximate surface area is 178 Å². The molecule has 152 valence electrons. The summed E-state index contributed by atoms with van der Waals surface area (Å²) in [4.78, 5) is 16.6. The maximum atomic E-state index is 12.0. The van der Waals surface area contributed by atoms with E-state index < -0.39 is 5.97 Å². The van der Waals surface area contributed by atoms with Crippen LogP contribution < -0.4 is 0 Å². The molecule has 6 nitrogen and oxygen atoms in total. The van der Waals surface area contributed by atoms with Gasteiger partial charge in [0.25, 0.3) is 0 Å². The topological polar surface area (TPSA) is 83.8 Å². The summed E-state index contributed by atoms with van der Waals surface area (Å²) in [7, 11) is 0. The molecular formula is C25H20N4O2. The van der Waals surface area contributed by atoms with Crippen LogP contribution in [-0.4, -0.2) is 30.8 Å². The van der Waals surface area contributed by atoms with Crippen molar-refractivity contribution in [2.45, 2.75) is 13.5 Å². The molecule has 5 aromatic rings. The fraction of sp³-hybridized carbons (Fsp3) is 0.0800. The van der Waals surface area contributed by atoms with Crippen LogP contribution in [0.1, 0.15) is 21.7 Å². The highest BCUT2D eigenvalue weighted by atomic mass is 16.4. The average Bonchev–Trinajstić information content (AvgIpc) is 3.40. The number of carbonyl (C=O) groups is 1. The van der Waals surface area contributed by atoms with Crippen molar-refractivity contribution in [1.29, 1.82) is 0 Å². The number of carboxylic acid groups (broad SMARTS) is 1. The minimum Gasteiger partial charge on any atom is -0.477 e. The fourth-order valence-corrected chi connectivity index (χ4v) is 3.92. The van der Waals surface area contributed by atoms with E-state index in [1.807, 2.05) is 67.6 Å². The lowest BCUT2D eigenvalue weighted by Crippen LogP contribution is -2.09. The number of nitrogens with zero attached hydrogens (tertiary/aromatic N) is 3. The van der Waals surface area contributed by atoms with Gasteiger partial charge in [-0.2, -0.15) is 5.10 Å². The van der Waals surface area contributed by atoms with E-state index in [4.69, 9.17) is 0 Å². The van der Waals surface area contributed by atoms with Gasteiger partial charge < -0.3 is 9.67 Å². The molecular weight excluding hydrogens is 388 g/mol. The molecule has 5 rings (SSSR count). The number of aromatic amines is 1. The van der Waals surface area contributed by atoms with Crippen LogP contribution in [0.5, 0.6) is 0 Å². The van der Waals surface area contributed by atoms with E-state index in [2.05, 4.69) is 21.2 Å². The van der Waals surface area contributed by atoms with Crippen LogP contribution in [0.4, 0.5) is 0 Å². The number of pyridine rings is 1. The summed E-state index contributed by atoms with van der Waals surface area (Å²) in [6.07, 6.45) is 1.73. The molecule has 6 heteroatoms. The number of nitrogens with one attached hydrogen (secondary N) is 1. The molecule has 0 spiro atoms. The van der Waals surface area contributed by atoms with Gasteiger partial charge in [-0.1, -0.05) is 54.1 Å². The maximum absolute atomic E-state index is 12.0. The molecule has 0 fully saturated rings. The summed E-state index contributed by atoms with van der Waals surface area (Å²) in [5.74, 6) is -0.978. The summed E-state index contributed by atoms with van der Waals surface area (Å²) < 4.78 is 1.79. The molecule has 0 aliphatic heterocycles. The molecule has 0 saturated heterocycles. The lowest BCUT2D eigenvalue weighted by Gasteiger charge is -2.08. The third-order valence-electron chi connectivity index (χ3n) is 5.37. The van der Waals surface area contributed by atoms with E-state index in [0.29, 0.717) is 6.54 Å². The number of fused-ring (bicyclic) bond motifs is 1. The van der Waals surface area contributed by atoms with Crippen LogP contribution >= 0.6 is 0 Å². The predicted molar refractivity (Wildman–Crippen MR) is 120 cm³/mol. The van der Waals surface area contributed by atoms with E-state index in [1.54, 1.807) is 16.8 Å². The highest BCUT2D eigenvalue weighted by Gasteiger charge is 2.19. The van der Waals surface area contributed by atoms with Crippen LogP contribution in [-0.2, 0) is 6.54 Å². The summed E-state index contributed by atoms with van der Waals surface area (Å²) >= 11 is 0. The first kappa shape index (κ1) is 18.8. The first-order chi connectivity index (χ1) is 15.1. The molecule has 0 aliphatic carbocycles. The largest absolute Gasteiger partial charge is 0.477 e. The zero-order valence-electron chi connectivity index (χ0n) is 16.9. The maximum Gasteiger partial charge on any atom is 0.352 e. The Morgan fingerprint density at radius 2 is 1.81 bits per heavy atom. The fourth-order valence-electron chi connectivity index (χ4n) is 3.92. The van der Waals surface area contributed by atoms with E-state index in [-0.39, 0.29) is 5.69 Å². The van der Waals surface area contributed by atoms with Crippen molar-refractivity contribution in [2.24, 2.45) is 0 Å². The molecule has 3 heterocycles. The Morgan fingerprint density at radius 3 is 2.58 bits per heavy atom. The van der Waals surface area contributed by atoms with Crippen LogP contribution in [0.25, 0.3) is 33.4 Å². The predicted octanol–water partition coefficient (Wildman–Crippen LogP) is 5.15. The van der Waals surface area contributed by atoms with Gasteiger partial charge >= 0.3 is 5.97 Å². The molecule has 2 N–H and O–H groups in total. The van der Waals surface area contributed by atoms with E-state index in [1.165, 1.54) is 0 Å². The first-order valence-corrected chi connectivity index (χ1v) is 9.98. The average molecular weight is 408 g/mol. The molecule has 0 aliphatic rings. The number of aromatic nitrogens is 4. The Morgan fingerprint density at radius 1 is 1.00 bits per heavy atom. The van der Waals surface area contributed by atoms with Crippen molar-refractivity contribution in [3.05, 3.63) is 95.9 Å². The Bertz CT molecular complexity index is 1400. The molecule has 0 radical (unpaired) electrons. The zero-order valence-corrected chi connectivity index (χ0v) is 16.9. The second-order valence-electron chi connectivity index (χ2n) is 7.53. The minimum atomic E-state index is -0.978. The summed E-state index contributed by atoms with van der Waals surface area (Å²) in [6, 6.07) is 23.5. The van der Waals surface area contributed by atoms with Gasteiger partial charge in [0.05, 0.1) is 29.1 Å². The van der Waals surface area contributed by atoms with Gasteiger partial charge in [0, 0.05) is 22.7 Å². The van der Waals surface area contributed by atoms with Crippen LogP contribution in [0.2, 0.25) is 0 Å². The van der Waals surface area contributed by atoms with Gasteiger partial charge in [-0.3, -0.25) is 10.1 Å².